The van der Waals surface area contributed by atoms with Crippen molar-refractivity contribution in [1.29, 1.82) is 0 Å². The first-order chi connectivity index (χ1) is 7.77. The van der Waals surface area contributed by atoms with Crippen LogP contribution in [0, 0.1) is 11.8 Å². The Morgan fingerprint density at radius 2 is 2.19 bits per heavy atom. The van der Waals surface area contributed by atoms with E-state index in [1.54, 1.807) is 29.4 Å². The highest BCUT2D eigenvalue weighted by Gasteiger charge is 2.23. The number of rotatable bonds is 2. The number of amides is 2. The molecule has 1 aliphatic heterocycles. The molecule has 0 atom stereocenters. The number of hydrogen-bond donors (Lipinski definition) is 0. The van der Waals surface area contributed by atoms with Crippen molar-refractivity contribution in [3.63, 3.8) is 0 Å². The van der Waals surface area contributed by atoms with E-state index in [0.717, 1.165) is 13.1 Å². The summed E-state index contributed by atoms with van der Waals surface area (Å²) in [4.78, 5) is 18.9. The molecule has 84 valence electrons. The van der Waals surface area contributed by atoms with Gasteiger partial charge >= 0.3 is 6.03 Å². The molecule has 0 radical (unpaired) electrons. The quantitative estimate of drug-likeness (QED) is 0.668. The van der Waals surface area contributed by atoms with Gasteiger partial charge in [-0.15, -0.1) is 0 Å². The number of imidazole rings is 1. The summed E-state index contributed by atoms with van der Waals surface area (Å²) in [6.07, 6.45) is 5.31. The fraction of sp³-hybridized carbons (Fsp3) is 0.455. The van der Waals surface area contributed by atoms with E-state index < -0.39 is 0 Å². The Morgan fingerprint density at radius 1 is 1.38 bits per heavy atom. The van der Waals surface area contributed by atoms with Gasteiger partial charge in [-0.2, -0.15) is 0 Å². The Hall–Kier alpha value is -1.96. The molecular formula is C11H14N4O. The van der Waals surface area contributed by atoms with Crippen molar-refractivity contribution in [1.82, 2.24) is 19.4 Å². The molecule has 0 aliphatic carbocycles. The van der Waals surface area contributed by atoms with Gasteiger partial charge < -0.3 is 14.4 Å². The molecule has 16 heavy (non-hydrogen) atoms. The third-order valence-electron chi connectivity index (χ3n) is 2.52. The molecule has 5 heteroatoms. The van der Waals surface area contributed by atoms with Crippen molar-refractivity contribution in [2.75, 3.05) is 26.7 Å². The first kappa shape index (κ1) is 10.6. The van der Waals surface area contributed by atoms with Crippen LogP contribution in [0.2, 0.25) is 0 Å². The summed E-state index contributed by atoms with van der Waals surface area (Å²) in [7, 11) is 1.81. The molecule has 1 aromatic rings. The van der Waals surface area contributed by atoms with Crippen molar-refractivity contribution < 1.29 is 4.79 Å². The minimum Gasteiger partial charge on any atom is -0.326 e. The van der Waals surface area contributed by atoms with Crippen LogP contribution in [-0.2, 0) is 6.54 Å². The third-order valence-corrected chi connectivity index (χ3v) is 2.52. The second kappa shape index (κ2) is 4.71. The van der Waals surface area contributed by atoms with Gasteiger partial charge in [0.15, 0.2) is 0 Å². The van der Waals surface area contributed by atoms with Gasteiger partial charge in [0.25, 0.3) is 0 Å². The van der Waals surface area contributed by atoms with Gasteiger partial charge in [0, 0.05) is 32.5 Å². The largest absolute Gasteiger partial charge is 0.326 e. The Balaban J connectivity index is 1.80. The van der Waals surface area contributed by atoms with Crippen molar-refractivity contribution in [3.05, 3.63) is 18.7 Å². The Bertz CT molecular complexity index is 415. The Labute approximate surface area is 94.7 Å². The summed E-state index contributed by atoms with van der Waals surface area (Å²) in [5, 5.41) is 0. The van der Waals surface area contributed by atoms with Gasteiger partial charge in [0.1, 0.15) is 0 Å². The summed E-state index contributed by atoms with van der Waals surface area (Å²) < 4.78 is 1.89. The van der Waals surface area contributed by atoms with Gasteiger partial charge in [-0.25, -0.2) is 9.78 Å². The molecule has 1 aromatic heterocycles. The summed E-state index contributed by atoms with van der Waals surface area (Å²) in [5.74, 6) is 6.01. The van der Waals surface area contributed by atoms with Gasteiger partial charge in [0.2, 0.25) is 0 Å². The fourth-order valence-corrected chi connectivity index (χ4v) is 1.53. The highest BCUT2D eigenvalue weighted by molar-refractivity contribution is 5.76. The van der Waals surface area contributed by atoms with Crippen LogP contribution in [0.15, 0.2) is 18.7 Å². The van der Waals surface area contributed by atoms with Gasteiger partial charge in [0.05, 0.1) is 19.4 Å². The molecule has 0 bridgehead atoms. The molecule has 0 N–H and O–H groups in total. The maximum atomic E-state index is 11.5. The van der Waals surface area contributed by atoms with Crippen molar-refractivity contribution in [2.45, 2.75) is 6.54 Å². The zero-order valence-corrected chi connectivity index (χ0v) is 9.26. The van der Waals surface area contributed by atoms with Crippen LogP contribution in [-0.4, -0.2) is 52.1 Å². The number of carbonyl (C=O) groups excluding carboxylic acids is 1. The highest BCUT2D eigenvalue weighted by Crippen LogP contribution is 2.04. The van der Waals surface area contributed by atoms with Crippen LogP contribution in [0.4, 0.5) is 4.79 Å². The normalized spacial score (nSPS) is 15.2. The molecule has 2 heterocycles. The van der Waals surface area contributed by atoms with Crippen molar-refractivity contribution in [3.8, 4) is 11.8 Å². The molecule has 1 saturated heterocycles. The Kier molecular flexibility index (Phi) is 3.10. The van der Waals surface area contributed by atoms with Crippen LogP contribution in [0.25, 0.3) is 0 Å². The lowest BCUT2D eigenvalue weighted by Crippen LogP contribution is -2.29. The minimum atomic E-state index is 0.0666. The first-order valence-electron chi connectivity index (χ1n) is 5.19. The summed E-state index contributed by atoms with van der Waals surface area (Å²) in [6.45, 7) is 2.70. The number of hydrogen-bond acceptors (Lipinski definition) is 2. The number of urea groups is 1. The topological polar surface area (TPSA) is 41.4 Å². The van der Waals surface area contributed by atoms with Crippen LogP contribution >= 0.6 is 0 Å². The lowest BCUT2D eigenvalue weighted by Gasteiger charge is -2.11. The van der Waals surface area contributed by atoms with E-state index in [9.17, 15) is 4.79 Å². The lowest BCUT2D eigenvalue weighted by atomic mass is 10.5. The lowest BCUT2D eigenvalue weighted by molar-refractivity contribution is 0.202. The maximum absolute atomic E-state index is 11.5. The van der Waals surface area contributed by atoms with E-state index in [1.165, 1.54) is 0 Å². The van der Waals surface area contributed by atoms with Gasteiger partial charge in [-0.1, -0.05) is 11.8 Å². The number of likely N-dealkylation sites (N-methyl/N-ethyl adjacent to an activating group) is 1. The van der Waals surface area contributed by atoms with Gasteiger partial charge in [-0.3, -0.25) is 0 Å². The van der Waals surface area contributed by atoms with Crippen LogP contribution in [0.1, 0.15) is 0 Å². The zero-order chi connectivity index (χ0) is 11.4. The first-order valence-corrected chi connectivity index (χ1v) is 5.19. The molecule has 0 spiro atoms. The predicted octanol–water partition coefficient (Wildman–Crippen LogP) is 0.254. The van der Waals surface area contributed by atoms with Gasteiger partial charge in [-0.05, 0) is 0 Å². The van der Waals surface area contributed by atoms with Crippen LogP contribution in [0.3, 0.4) is 0 Å². The maximum Gasteiger partial charge on any atom is 0.320 e. The predicted molar refractivity (Wildman–Crippen MR) is 59.6 cm³/mol. The fourth-order valence-electron chi connectivity index (χ4n) is 1.53. The van der Waals surface area contributed by atoms with Crippen LogP contribution in [0.5, 0.6) is 0 Å². The molecule has 0 aromatic carbocycles. The molecule has 2 rings (SSSR count). The number of carbonyl (C=O) groups is 1. The standard InChI is InChI=1S/C11H14N4O/c1-13-8-9-15(11(13)16)6-3-2-5-14-7-4-12-10-14/h4,7,10H,5-6,8-9H2,1H3. The zero-order valence-electron chi connectivity index (χ0n) is 9.26. The highest BCUT2D eigenvalue weighted by atomic mass is 16.2. The molecule has 0 unspecified atom stereocenters. The van der Waals surface area contributed by atoms with Crippen molar-refractivity contribution in [2.24, 2.45) is 0 Å². The second-order valence-electron chi connectivity index (χ2n) is 3.71. The number of aromatic nitrogens is 2. The van der Waals surface area contributed by atoms with Crippen molar-refractivity contribution >= 4 is 6.03 Å². The van der Waals surface area contributed by atoms with E-state index in [1.807, 2.05) is 10.8 Å². The summed E-state index contributed by atoms with van der Waals surface area (Å²) >= 11 is 0. The third kappa shape index (κ3) is 2.34. The minimum absolute atomic E-state index is 0.0666. The smallest absolute Gasteiger partial charge is 0.320 e. The average molecular weight is 218 g/mol. The van der Waals surface area contributed by atoms with E-state index in [-0.39, 0.29) is 6.03 Å². The Morgan fingerprint density at radius 3 is 2.81 bits per heavy atom. The average Bonchev–Trinajstić information content (AvgIpc) is 2.88. The monoisotopic (exact) mass is 218 g/mol. The van der Waals surface area contributed by atoms with E-state index in [2.05, 4.69) is 16.8 Å². The number of nitrogens with zero attached hydrogens (tertiary/aromatic N) is 4. The van der Waals surface area contributed by atoms with E-state index >= 15 is 0 Å². The van der Waals surface area contributed by atoms with Crippen LogP contribution < -0.4 is 0 Å². The summed E-state index contributed by atoms with van der Waals surface area (Å²) in [6, 6.07) is 0.0666. The van der Waals surface area contributed by atoms with E-state index in [4.69, 9.17) is 0 Å². The SMILES string of the molecule is CN1CCN(CC#CCn2ccnc2)C1=O. The molecule has 2 amide bonds. The molecular weight excluding hydrogens is 204 g/mol. The molecule has 1 aliphatic rings. The second-order valence-corrected chi connectivity index (χ2v) is 3.71. The molecule has 5 nitrogen and oxygen atoms in total. The molecule has 1 fully saturated rings. The molecule has 0 saturated carbocycles. The summed E-state index contributed by atoms with van der Waals surface area (Å²) in [5.41, 5.74) is 0. The van der Waals surface area contributed by atoms with E-state index in [0.29, 0.717) is 13.1 Å².